The molecule has 34 heavy (non-hydrogen) atoms. The summed E-state index contributed by atoms with van der Waals surface area (Å²) in [6.45, 7) is 1.81. The van der Waals surface area contributed by atoms with Crippen LogP contribution in [0.1, 0.15) is 24.4 Å². The van der Waals surface area contributed by atoms with Gasteiger partial charge in [-0.05, 0) is 47.9 Å². The topological polar surface area (TPSA) is 81.2 Å². The van der Waals surface area contributed by atoms with E-state index in [1.54, 1.807) is 24.3 Å². The summed E-state index contributed by atoms with van der Waals surface area (Å²) in [6.07, 6.45) is -6.06. The minimum atomic E-state index is -4.90. The zero-order valence-corrected chi connectivity index (χ0v) is 19.8. The summed E-state index contributed by atoms with van der Waals surface area (Å²) < 4.78 is 54.7. The van der Waals surface area contributed by atoms with Crippen molar-refractivity contribution >= 4 is 45.4 Å². The minimum absolute atomic E-state index is 0.00381. The van der Waals surface area contributed by atoms with E-state index in [1.807, 2.05) is 6.92 Å². The Balaban J connectivity index is 1.75. The van der Waals surface area contributed by atoms with Crippen molar-refractivity contribution in [2.75, 3.05) is 5.75 Å². The molecule has 2 N–H and O–H groups in total. The minimum Gasteiger partial charge on any atom is -0.611 e. The highest BCUT2D eigenvalue weighted by Gasteiger charge is 2.33. The van der Waals surface area contributed by atoms with E-state index in [4.69, 9.17) is 23.2 Å². The molecule has 0 aliphatic rings. The lowest BCUT2D eigenvalue weighted by molar-refractivity contribution is -0.274. The monoisotopic (exact) mass is 528 g/mol. The van der Waals surface area contributed by atoms with Crippen molar-refractivity contribution < 1.29 is 27.6 Å². The molecule has 1 heterocycles. The van der Waals surface area contributed by atoms with Gasteiger partial charge in [-0.2, -0.15) is 0 Å². The third-order valence-electron chi connectivity index (χ3n) is 5.05. The maximum atomic E-state index is 12.9. The number of hydrogen-bond acceptors (Lipinski definition) is 4. The Labute approximate surface area is 205 Å². The van der Waals surface area contributed by atoms with Gasteiger partial charge < -0.3 is 19.4 Å². The van der Waals surface area contributed by atoms with E-state index >= 15 is 0 Å². The first-order chi connectivity index (χ1) is 16.1. The molecule has 1 aromatic heterocycles. The normalized spacial score (nSPS) is 13.8. The number of alkyl halides is 3. The van der Waals surface area contributed by atoms with Gasteiger partial charge in [-0.1, -0.05) is 53.5 Å². The van der Waals surface area contributed by atoms with Crippen LogP contribution < -0.4 is 4.74 Å². The molecule has 0 radical (unpaired) electrons. The zero-order valence-electron chi connectivity index (χ0n) is 17.5. The van der Waals surface area contributed by atoms with E-state index in [-0.39, 0.29) is 32.5 Å². The van der Waals surface area contributed by atoms with Gasteiger partial charge in [0.05, 0.1) is 15.6 Å². The van der Waals surface area contributed by atoms with Crippen LogP contribution in [0.15, 0.2) is 59.5 Å². The summed E-state index contributed by atoms with van der Waals surface area (Å²) in [5.41, 5.74) is 1.28. The molecule has 0 bridgehead atoms. The van der Waals surface area contributed by atoms with Gasteiger partial charge in [-0.3, -0.25) is 0 Å². The number of aliphatic hydroxyl groups excluding tert-OH is 1. The SMILES string of the molecule is CC[S+]([O-])c1ccc(C(O)c2nc3c(Cl)c(-c4ccccc4OC(F)(F)F)c(Cl)cc3[nH]2)cc1. The number of benzene rings is 3. The average Bonchev–Trinajstić information content (AvgIpc) is 3.22. The zero-order chi connectivity index (χ0) is 24.6. The van der Waals surface area contributed by atoms with Crippen molar-refractivity contribution in [1.82, 2.24) is 9.97 Å². The Morgan fingerprint density at radius 2 is 1.82 bits per heavy atom. The van der Waals surface area contributed by atoms with E-state index < -0.39 is 29.4 Å². The molecule has 0 spiro atoms. The maximum Gasteiger partial charge on any atom is 0.573 e. The lowest BCUT2D eigenvalue weighted by atomic mass is 10.0. The second kappa shape index (κ2) is 9.67. The summed E-state index contributed by atoms with van der Waals surface area (Å²) >= 11 is 11.8. The van der Waals surface area contributed by atoms with Gasteiger partial charge >= 0.3 is 6.36 Å². The number of nitrogens with zero attached hydrogens (tertiary/aromatic N) is 1. The number of halogens is 5. The number of hydrogen-bond donors (Lipinski definition) is 2. The summed E-state index contributed by atoms with van der Waals surface area (Å²) in [5.74, 6) is 0.178. The van der Waals surface area contributed by atoms with Gasteiger partial charge in [-0.25, -0.2) is 4.98 Å². The quantitative estimate of drug-likeness (QED) is 0.274. The predicted octanol–water partition coefficient (Wildman–Crippen LogP) is 6.64. The van der Waals surface area contributed by atoms with Gasteiger partial charge in [-0.15, -0.1) is 13.2 Å². The predicted molar refractivity (Wildman–Crippen MR) is 126 cm³/mol. The number of ether oxygens (including phenoxy) is 1. The van der Waals surface area contributed by atoms with Crippen LogP contribution in [0, 0.1) is 0 Å². The average molecular weight is 529 g/mol. The fourth-order valence-electron chi connectivity index (χ4n) is 3.49. The largest absolute Gasteiger partial charge is 0.611 e. The van der Waals surface area contributed by atoms with Gasteiger partial charge in [0.25, 0.3) is 0 Å². The van der Waals surface area contributed by atoms with Crippen molar-refractivity contribution in [3.63, 3.8) is 0 Å². The van der Waals surface area contributed by atoms with Crippen LogP contribution in [-0.4, -0.2) is 31.7 Å². The van der Waals surface area contributed by atoms with Gasteiger partial charge in [0.15, 0.2) is 4.90 Å². The number of aromatic nitrogens is 2. The number of nitrogens with one attached hydrogen (secondary N) is 1. The Kier molecular flexibility index (Phi) is 7.02. The molecular formula is C23H17Cl2F3N2O3S. The van der Waals surface area contributed by atoms with Crippen LogP contribution in [0.3, 0.4) is 0 Å². The highest BCUT2D eigenvalue weighted by atomic mass is 35.5. The molecule has 0 saturated carbocycles. The van der Waals surface area contributed by atoms with E-state index in [0.29, 0.717) is 21.7 Å². The molecule has 0 amide bonds. The standard InChI is InChI=1S/C23H17Cl2F3N2O3S/c1-2-34(32)13-9-7-12(8-10-13)21(31)22-29-16-11-15(24)18(19(25)20(16)30-22)14-5-3-4-6-17(14)33-23(26,27)28/h3-11,21,31H,2H2,1H3,(H,29,30). The Morgan fingerprint density at radius 1 is 1.15 bits per heavy atom. The highest BCUT2D eigenvalue weighted by Crippen LogP contribution is 2.44. The molecule has 0 saturated heterocycles. The van der Waals surface area contributed by atoms with Crippen molar-refractivity contribution in [2.24, 2.45) is 0 Å². The molecule has 0 aliphatic carbocycles. The first-order valence-electron chi connectivity index (χ1n) is 9.98. The van der Waals surface area contributed by atoms with E-state index in [2.05, 4.69) is 14.7 Å². The Morgan fingerprint density at radius 3 is 2.47 bits per heavy atom. The fourth-order valence-corrected chi connectivity index (χ4v) is 4.96. The van der Waals surface area contributed by atoms with Gasteiger partial charge in [0.2, 0.25) is 0 Å². The lowest BCUT2D eigenvalue weighted by Gasteiger charge is -2.15. The number of aromatic amines is 1. The number of rotatable bonds is 6. The van der Waals surface area contributed by atoms with Crippen LogP contribution in [-0.2, 0) is 11.2 Å². The number of imidazole rings is 1. The van der Waals surface area contributed by atoms with Gasteiger partial charge in [0.1, 0.15) is 28.9 Å². The van der Waals surface area contributed by atoms with Crippen molar-refractivity contribution in [3.05, 3.63) is 76.0 Å². The van der Waals surface area contributed by atoms with Crippen LogP contribution in [0.2, 0.25) is 10.0 Å². The number of H-pyrrole nitrogens is 1. The number of fused-ring (bicyclic) bond motifs is 1. The molecular weight excluding hydrogens is 512 g/mol. The first kappa shape index (κ1) is 24.7. The van der Waals surface area contributed by atoms with Crippen molar-refractivity contribution in [2.45, 2.75) is 24.3 Å². The third-order valence-corrected chi connectivity index (χ3v) is 7.04. The Bertz CT molecular complexity index is 1330. The van der Waals surface area contributed by atoms with E-state index in [9.17, 15) is 22.8 Å². The molecule has 0 fully saturated rings. The molecule has 5 nitrogen and oxygen atoms in total. The second-order valence-corrected chi connectivity index (χ2v) is 9.74. The van der Waals surface area contributed by atoms with E-state index in [0.717, 1.165) is 6.07 Å². The lowest BCUT2D eigenvalue weighted by Crippen LogP contribution is -2.17. The second-order valence-electron chi connectivity index (χ2n) is 7.22. The number of para-hydroxylation sites is 1. The molecule has 178 valence electrons. The molecule has 3 aromatic carbocycles. The maximum absolute atomic E-state index is 12.9. The van der Waals surface area contributed by atoms with Crippen molar-refractivity contribution in [3.8, 4) is 16.9 Å². The number of aliphatic hydroxyl groups is 1. The van der Waals surface area contributed by atoms with Crippen LogP contribution in [0.5, 0.6) is 5.75 Å². The molecule has 11 heteroatoms. The van der Waals surface area contributed by atoms with E-state index in [1.165, 1.54) is 24.3 Å². The summed E-state index contributed by atoms with van der Waals surface area (Å²) in [6, 6.07) is 13.6. The van der Waals surface area contributed by atoms with Gasteiger partial charge in [0, 0.05) is 11.1 Å². The summed E-state index contributed by atoms with van der Waals surface area (Å²) in [7, 11) is 0. The van der Waals surface area contributed by atoms with Crippen LogP contribution in [0.25, 0.3) is 22.2 Å². The first-order valence-corrected chi connectivity index (χ1v) is 12.1. The molecule has 4 aromatic rings. The fraction of sp³-hybridized carbons (Fsp3) is 0.174. The molecule has 4 rings (SSSR count). The van der Waals surface area contributed by atoms with Crippen LogP contribution in [0.4, 0.5) is 13.2 Å². The smallest absolute Gasteiger partial charge is 0.573 e. The molecule has 2 unspecified atom stereocenters. The summed E-state index contributed by atoms with van der Waals surface area (Å²) in [4.78, 5) is 7.97. The molecule has 0 aliphatic heterocycles. The third kappa shape index (κ3) is 4.99. The van der Waals surface area contributed by atoms with Crippen LogP contribution >= 0.6 is 23.2 Å². The van der Waals surface area contributed by atoms with Crippen molar-refractivity contribution in [1.29, 1.82) is 0 Å². The highest BCUT2D eigenvalue weighted by molar-refractivity contribution is 7.91. The molecule has 2 atom stereocenters. The summed E-state index contributed by atoms with van der Waals surface area (Å²) in [5, 5.41) is 10.9. The Hall–Kier alpha value is -2.43.